The maximum Gasteiger partial charge on any atom is 0.256 e. The number of anilines is 3. The second kappa shape index (κ2) is 8.31. The van der Waals surface area contributed by atoms with Gasteiger partial charge in [-0.3, -0.25) is 4.79 Å². The summed E-state index contributed by atoms with van der Waals surface area (Å²) in [6.07, 6.45) is 3.54. The van der Waals surface area contributed by atoms with Crippen molar-refractivity contribution >= 4 is 33.9 Å². The van der Waals surface area contributed by atoms with Gasteiger partial charge in [0.25, 0.3) is 5.91 Å². The van der Waals surface area contributed by atoms with Crippen molar-refractivity contribution in [2.75, 3.05) is 10.6 Å². The Balaban J connectivity index is 1.32. The van der Waals surface area contributed by atoms with Crippen molar-refractivity contribution in [3.63, 3.8) is 0 Å². The Hall–Kier alpha value is -4.52. The number of aryl methyl sites for hydroxylation is 1. The summed E-state index contributed by atoms with van der Waals surface area (Å²) in [7, 11) is 0. The van der Waals surface area contributed by atoms with Gasteiger partial charge in [0.2, 0.25) is 0 Å². The van der Waals surface area contributed by atoms with E-state index in [0.29, 0.717) is 28.7 Å². The van der Waals surface area contributed by atoms with E-state index in [0.717, 1.165) is 16.5 Å². The van der Waals surface area contributed by atoms with Crippen LogP contribution in [-0.4, -0.2) is 25.7 Å². The molecule has 32 heavy (non-hydrogen) atoms. The number of carbonyl (C=O) groups excluding carboxylic acids is 1. The second-order valence-corrected chi connectivity index (χ2v) is 7.29. The topological polar surface area (TPSA) is 84.7 Å². The van der Waals surface area contributed by atoms with Gasteiger partial charge in [0.05, 0.1) is 0 Å². The Labute approximate surface area is 184 Å². The molecular formula is C25H20N6O. The number of rotatable bonds is 5. The van der Waals surface area contributed by atoms with Gasteiger partial charge in [-0.1, -0.05) is 36.4 Å². The summed E-state index contributed by atoms with van der Waals surface area (Å²) in [6, 6.07) is 24.8. The van der Waals surface area contributed by atoms with E-state index in [9.17, 15) is 4.79 Å². The third-order valence-corrected chi connectivity index (χ3v) is 5.01. The number of hydrogen-bond acceptors (Lipinski definition) is 5. The van der Waals surface area contributed by atoms with Crippen molar-refractivity contribution in [3.05, 3.63) is 103 Å². The highest BCUT2D eigenvalue weighted by atomic mass is 16.1. The molecule has 2 heterocycles. The molecule has 3 aromatic carbocycles. The third-order valence-electron chi connectivity index (χ3n) is 5.01. The molecule has 5 aromatic rings. The van der Waals surface area contributed by atoms with Crippen molar-refractivity contribution in [3.8, 4) is 5.82 Å². The number of amides is 1. The van der Waals surface area contributed by atoms with Crippen molar-refractivity contribution < 1.29 is 4.79 Å². The fourth-order valence-corrected chi connectivity index (χ4v) is 3.54. The molecule has 7 nitrogen and oxygen atoms in total. The van der Waals surface area contributed by atoms with Crippen molar-refractivity contribution in [1.29, 1.82) is 0 Å². The normalized spacial score (nSPS) is 10.8. The SMILES string of the molecule is Cc1nc(Nc2ccc(NC(=O)c3cccc4ccccc34)cc2)cc(-n2cccn2)n1. The van der Waals surface area contributed by atoms with Crippen molar-refractivity contribution in [2.45, 2.75) is 6.92 Å². The molecule has 156 valence electrons. The Morgan fingerprint density at radius 2 is 1.66 bits per heavy atom. The molecule has 0 saturated carbocycles. The Morgan fingerprint density at radius 3 is 2.47 bits per heavy atom. The maximum atomic E-state index is 12.8. The average molecular weight is 420 g/mol. The summed E-state index contributed by atoms with van der Waals surface area (Å²) in [6.45, 7) is 1.84. The Bertz CT molecular complexity index is 1390. The van der Waals surface area contributed by atoms with Crippen LogP contribution in [0.15, 0.2) is 91.3 Å². The van der Waals surface area contributed by atoms with Gasteiger partial charge < -0.3 is 10.6 Å². The number of carbonyl (C=O) groups is 1. The summed E-state index contributed by atoms with van der Waals surface area (Å²) in [5.41, 5.74) is 2.20. The van der Waals surface area contributed by atoms with Gasteiger partial charge >= 0.3 is 0 Å². The third kappa shape index (κ3) is 4.04. The molecule has 0 spiro atoms. The molecule has 0 fully saturated rings. The predicted octanol–water partition coefficient (Wildman–Crippen LogP) is 5.12. The van der Waals surface area contributed by atoms with Crippen LogP contribution in [0.4, 0.5) is 17.2 Å². The van der Waals surface area contributed by atoms with E-state index < -0.39 is 0 Å². The molecule has 0 bridgehead atoms. The van der Waals surface area contributed by atoms with E-state index in [1.807, 2.05) is 92.0 Å². The minimum absolute atomic E-state index is 0.141. The maximum absolute atomic E-state index is 12.8. The van der Waals surface area contributed by atoms with E-state index >= 15 is 0 Å². The molecular weight excluding hydrogens is 400 g/mol. The minimum atomic E-state index is -0.141. The number of nitrogens with one attached hydrogen (secondary N) is 2. The van der Waals surface area contributed by atoms with Crippen molar-refractivity contribution in [1.82, 2.24) is 19.7 Å². The summed E-state index contributed by atoms with van der Waals surface area (Å²) < 4.78 is 1.69. The summed E-state index contributed by atoms with van der Waals surface area (Å²) in [4.78, 5) is 21.7. The highest BCUT2D eigenvalue weighted by Gasteiger charge is 2.10. The number of benzene rings is 3. The quantitative estimate of drug-likeness (QED) is 0.412. The predicted molar refractivity (Wildman–Crippen MR) is 126 cm³/mol. The lowest BCUT2D eigenvalue weighted by molar-refractivity contribution is 0.102. The first kappa shape index (κ1) is 19.4. The fourth-order valence-electron chi connectivity index (χ4n) is 3.54. The van der Waals surface area contributed by atoms with Gasteiger partial charge in [-0.25, -0.2) is 14.6 Å². The van der Waals surface area contributed by atoms with Crippen molar-refractivity contribution in [2.24, 2.45) is 0 Å². The molecule has 0 aliphatic carbocycles. The first-order chi connectivity index (χ1) is 15.7. The largest absolute Gasteiger partial charge is 0.340 e. The van der Waals surface area contributed by atoms with Crippen LogP contribution in [0.1, 0.15) is 16.2 Å². The van der Waals surface area contributed by atoms with Crippen LogP contribution in [0.2, 0.25) is 0 Å². The zero-order chi connectivity index (χ0) is 21.9. The molecule has 0 radical (unpaired) electrons. The molecule has 0 saturated heterocycles. The Kier molecular flexibility index (Phi) is 5.05. The summed E-state index contributed by atoms with van der Waals surface area (Å²) in [5, 5.41) is 12.4. The minimum Gasteiger partial charge on any atom is -0.340 e. The molecule has 5 rings (SSSR count). The molecule has 0 atom stereocenters. The Morgan fingerprint density at radius 1 is 0.875 bits per heavy atom. The number of nitrogens with zero attached hydrogens (tertiary/aromatic N) is 4. The highest BCUT2D eigenvalue weighted by molar-refractivity contribution is 6.12. The van der Waals surface area contributed by atoms with Gasteiger partial charge in [0.15, 0.2) is 5.82 Å². The lowest BCUT2D eigenvalue weighted by atomic mass is 10.0. The van der Waals surface area contributed by atoms with E-state index in [1.165, 1.54) is 0 Å². The fraction of sp³-hybridized carbons (Fsp3) is 0.0400. The summed E-state index contributed by atoms with van der Waals surface area (Å²) in [5.74, 6) is 1.84. The molecule has 2 aromatic heterocycles. The number of fused-ring (bicyclic) bond motifs is 1. The first-order valence-corrected chi connectivity index (χ1v) is 10.2. The average Bonchev–Trinajstić information content (AvgIpc) is 3.35. The van der Waals surface area contributed by atoms with E-state index in [4.69, 9.17) is 0 Å². The lowest BCUT2D eigenvalue weighted by Crippen LogP contribution is -2.12. The molecule has 1 amide bonds. The van der Waals surface area contributed by atoms with Gasteiger partial charge in [0.1, 0.15) is 11.6 Å². The van der Waals surface area contributed by atoms with E-state index in [1.54, 1.807) is 10.9 Å². The molecule has 7 heteroatoms. The molecule has 0 unspecified atom stereocenters. The van der Waals surface area contributed by atoms with Crippen LogP contribution >= 0.6 is 0 Å². The first-order valence-electron chi connectivity index (χ1n) is 10.2. The van der Waals surface area contributed by atoms with E-state index in [-0.39, 0.29) is 5.91 Å². The molecule has 0 aliphatic rings. The van der Waals surface area contributed by atoms with Gasteiger partial charge in [-0.15, -0.1) is 0 Å². The highest BCUT2D eigenvalue weighted by Crippen LogP contribution is 2.22. The number of aromatic nitrogens is 4. The second-order valence-electron chi connectivity index (χ2n) is 7.29. The summed E-state index contributed by atoms with van der Waals surface area (Å²) >= 11 is 0. The standard InChI is InChI=1S/C25H20N6O/c1-17-27-23(16-24(28-17)31-15-5-14-26-31)29-19-10-12-20(13-11-19)30-25(32)22-9-4-7-18-6-2-3-8-21(18)22/h2-16H,1H3,(H,30,32)(H,27,28,29). The smallest absolute Gasteiger partial charge is 0.256 e. The van der Waals surface area contributed by atoms with E-state index in [2.05, 4.69) is 25.7 Å². The molecule has 0 aliphatic heterocycles. The van der Waals surface area contributed by atoms with Gasteiger partial charge in [-0.05, 0) is 54.1 Å². The van der Waals surface area contributed by atoms with Gasteiger partial charge in [-0.2, -0.15) is 5.10 Å². The van der Waals surface area contributed by atoms with Crippen LogP contribution in [0.3, 0.4) is 0 Å². The van der Waals surface area contributed by atoms with Gasteiger partial charge in [0, 0.05) is 35.4 Å². The van der Waals surface area contributed by atoms with Crippen LogP contribution < -0.4 is 10.6 Å². The zero-order valence-electron chi connectivity index (χ0n) is 17.4. The monoisotopic (exact) mass is 420 g/mol. The lowest BCUT2D eigenvalue weighted by Gasteiger charge is -2.11. The zero-order valence-corrected chi connectivity index (χ0v) is 17.4. The van der Waals surface area contributed by atoms with Crippen LogP contribution in [0, 0.1) is 6.92 Å². The number of hydrogen-bond donors (Lipinski definition) is 2. The van der Waals surface area contributed by atoms with Crippen LogP contribution in [0.5, 0.6) is 0 Å². The molecule has 2 N–H and O–H groups in total. The van der Waals surface area contributed by atoms with Crippen LogP contribution in [-0.2, 0) is 0 Å². The van der Waals surface area contributed by atoms with Crippen LogP contribution in [0.25, 0.3) is 16.6 Å².